The fourth-order valence-corrected chi connectivity index (χ4v) is 2.79. The summed E-state index contributed by atoms with van der Waals surface area (Å²) in [5.41, 5.74) is 2.10. The maximum absolute atomic E-state index is 11.9. The second-order valence-corrected chi connectivity index (χ2v) is 6.13. The van der Waals surface area contributed by atoms with Gasteiger partial charge in [0.2, 0.25) is 15.9 Å². The molecule has 0 radical (unpaired) electrons. The van der Waals surface area contributed by atoms with Gasteiger partial charge in [-0.2, -0.15) is 0 Å². The predicted octanol–water partition coefficient (Wildman–Crippen LogP) is 1.18. The van der Waals surface area contributed by atoms with Crippen molar-refractivity contribution in [3.8, 4) is 0 Å². The predicted molar refractivity (Wildman–Crippen MR) is 65.1 cm³/mol. The van der Waals surface area contributed by atoms with Crippen LogP contribution >= 0.6 is 0 Å². The largest absolute Gasteiger partial charge is 0.273 e. The minimum atomic E-state index is -3.47. The molecule has 0 aliphatic heterocycles. The SMILES string of the molecule is CS(=O)(=O)NC(=O)C1CCCc2ccccc21. The van der Waals surface area contributed by atoms with Gasteiger partial charge in [0.05, 0.1) is 12.2 Å². The van der Waals surface area contributed by atoms with Crippen molar-refractivity contribution in [3.05, 3.63) is 35.4 Å². The summed E-state index contributed by atoms with van der Waals surface area (Å²) in [5, 5.41) is 0. The van der Waals surface area contributed by atoms with Gasteiger partial charge in [-0.15, -0.1) is 0 Å². The molecule has 5 heteroatoms. The second-order valence-electron chi connectivity index (χ2n) is 4.38. The van der Waals surface area contributed by atoms with Crippen molar-refractivity contribution < 1.29 is 13.2 Å². The summed E-state index contributed by atoms with van der Waals surface area (Å²) in [5.74, 6) is -0.755. The number of aryl methyl sites for hydroxylation is 1. The molecule has 0 spiro atoms. The number of benzene rings is 1. The van der Waals surface area contributed by atoms with Gasteiger partial charge in [0, 0.05) is 0 Å². The highest BCUT2D eigenvalue weighted by Gasteiger charge is 2.27. The van der Waals surface area contributed by atoms with Crippen LogP contribution in [0.4, 0.5) is 0 Å². The van der Waals surface area contributed by atoms with Crippen LogP contribution < -0.4 is 4.72 Å². The highest BCUT2D eigenvalue weighted by Crippen LogP contribution is 2.31. The van der Waals surface area contributed by atoms with Crippen LogP contribution in [0.2, 0.25) is 0 Å². The van der Waals surface area contributed by atoms with Crippen molar-refractivity contribution >= 4 is 15.9 Å². The number of nitrogens with one attached hydrogen (secondary N) is 1. The zero-order valence-electron chi connectivity index (χ0n) is 9.64. The van der Waals surface area contributed by atoms with Crippen molar-refractivity contribution in [1.29, 1.82) is 0 Å². The van der Waals surface area contributed by atoms with Crippen LogP contribution in [0.3, 0.4) is 0 Å². The first-order chi connectivity index (χ1) is 7.97. The average molecular weight is 253 g/mol. The minimum absolute atomic E-state index is 0.338. The molecule has 1 aliphatic rings. The van der Waals surface area contributed by atoms with Gasteiger partial charge in [0.25, 0.3) is 0 Å². The van der Waals surface area contributed by atoms with E-state index >= 15 is 0 Å². The Balaban J connectivity index is 2.27. The van der Waals surface area contributed by atoms with Crippen LogP contribution in [0.5, 0.6) is 0 Å². The van der Waals surface area contributed by atoms with Crippen LogP contribution in [0.25, 0.3) is 0 Å². The van der Waals surface area contributed by atoms with Crippen molar-refractivity contribution in [2.75, 3.05) is 6.26 Å². The van der Waals surface area contributed by atoms with E-state index in [4.69, 9.17) is 0 Å². The summed E-state index contributed by atoms with van der Waals surface area (Å²) in [6.45, 7) is 0. The van der Waals surface area contributed by atoms with Gasteiger partial charge in [-0.25, -0.2) is 8.42 Å². The van der Waals surface area contributed by atoms with E-state index in [-0.39, 0.29) is 5.92 Å². The Bertz CT molecular complexity index is 536. The van der Waals surface area contributed by atoms with E-state index < -0.39 is 15.9 Å². The van der Waals surface area contributed by atoms with Gasteiger partial charge in [-0.3, -0.25) is 9.52 Å². The van der Waals surface area contributed by atoms with Crippen molar-refractivity contribution in [2.45, 2.75) is 25.2 Å². The van der Waals surface area contributed by atoms with Crippen LogP contribution in [0, 0.1) is 0 Å². The first-order valence-corrected chi connectivity index (χ1v) is 7.46. The van der Waals surface area contributed by atoms with E-state index in [0.29, 0.717) is 6.42 Å². The second kappa shape index (κ2) is 4.49. The molecule has 1 aromatic rings. The fourth-order valence-electron chi connectivity index (χ4n) is 2.28. The molecule has 0 aromatic heterocycles. The standard InChI is InChI=1S/C12H15NO3S/c1-17(15,16)13-12(14)11-8-4-6-9-5-2-3-7-10(9)11/h2-3,5,7,11H,4,6,8H2,1H3,(H,13,14). The summed E-state index contributed by atoms with van der Waals surface area (Å²) in [6, 6.07) is 7.72. The summed E-state index contributed by atoms with van der Waals surface area (Å²) in [4.78, 5) is 11.9. The Morgan fingerprint density at radius 3 is 2.76 bits per heavy atom. The molecule has 0 bridgehead atoms. The van der Waals surface area contributed by atoms with Gasteiger partial charge in [-0.05, 0) is 30.4 Å². The van der Waals surface area contributed by atoms with Crippen molar-refractivity contribution in [3.63, 3.8) is 0 Å². The molecule has 0 heterocycles. The van der Waals surface area contributed by atoms with Crippen LogP contribution in [-0.2, 0) is 21.2 Å². The smallest absolute Gasteiger partial charge is 0.240 e. The Hall–Kier alpha value is -1.36. The number of hydrogen-bond acceptors (Lipinski definition) is 3. The van der Waals surface area contributed by atoms with E-state index in [9.17, 15) is 13.2 Å². The Morgan fingerprint density at radius 2 is 2.06 bits per heavy atom. The van der Waals surface area contributed by atoms with E-state index in [1.807, 2.05) is 24.3 Å². The summed E-state index contributed by atoms with van der Waals surface area (Å²) >= 11 is 0. The van der Waals surface area contributed by atoms with Crippen LogP contribution in [-0.4, -0.2) is 20.6 Å². The highest BCUT2D eigenvalue weighted by atomic mass is 32.2. The number of rotatable bonds is 2. The van der Waals surface area contributed by atoms with Crippen LogP contribution in [0.1, 0.15) is 29.9 Å². The molecule has 1 aliphatic carbocycles. The molecule has 1 aromatic carbocycles. The average Bonchev–Trinajstić information content (AvgIpc) is 2.26. The zero-order valence-corrected chi connectivity index (χ0v) is 10.5. The lowest BCUT2D eigenvalue weighted by molar-refractivity contribution is -0.121. The molecule has 0 saturated carbocycles. The van der Waals surface area contributed by atoms with Gasteiger partial charge in [0.1, 0.15) is 0 Å². The molecule has 17 heavy (non-hydrogen) atoms. The van der Waals surface area contributed by atoms with Gasteiger partial charge in [0.15, 0.2) is 0 Å². The maximum atomic E-state index is 11.9. The molecule has 92 valence electrons. The van der Waals surface area contributed by atoms with E-state index in [1.54, 1.807) is 0 Å². The molecule has 1 amide bonds. The topological polar surface area (TPSA) is 63.2 Å². The summed E-state index contributed by atoms with van der Waals surface area (Å²) in [7, 11) is -3.47. The molecular formula is C12H15NO3S. The molecular weight excluding hydrogens is 238 g/mol. The third-order valence-electron chi connectivity index (χ3n) is 2.97. The molecule has 0 saturated heterocycles. The number of sulfonamides is 1. The van der Waals surface area contributed by atoms with E-state index in [0.717, 1.165) is 30.2 Å². The Labute approximate surface area is 101 Å². The molecule has 4 nitrogen and oxygen atoms in total. The lowest BCUT2D eigenvalue weighted by Crippen LogP contribution is -2.35. The molecule has 2 rings (SSSR count). The van der Waals surface area contributed by atoms with Crippen molar-refractivity contribution in [2.24, 2.45) is 0 Å². The van der Waals surface area contributed by atoms with E-state index in [2.05, 4.69) is 4.72 Å². The minimum Gasteiger partial charge on any atom is -0.273 e. The summed E-state index contributed by atoms with van der Waals surface area (Å²) < 4.78 is 24.2. The third-order valence-corrected chi connectivity index (χ3v) is 3.54. The normalized spacial score (nSPS) is 19.5. The maximum Gasteiger partial charge on any atom is 0.240 e. The lowest BCUT2D eigenvalue weighted by Gasteiger charge is -2.24. The zero-order chi connectivity index (χ0) is 12.5. The number of hydrogen-bond donors (Lipinski definition) is 1. The molecule has 0 fully saturated rings. The Morgan fingerprint density at radius 1 is 1.35 bits per heavy atom. The third kappa shape index (κ3) is 2.85. The summed E-state index contributed by atoms with van der Waals surface area (Å²) in [6.07, 6.45) is 3.58. The van der Waals surface area contributed by atoms with Gasteiger partial charge >= 0.3 is 0 Å². The number of carbonyl (C=O) groups is 1. The Kier molecular flexibility index (Phi) is 3.19. The number of carbonyl (C=O) groups excluding carboxylic acids is 1. The van der Waals surface area contributed by atoms with Crippen LogP contribution in [0.15, 0.2) is 24.3 Å². The number of fused-ring (bicyclic) bond motifs is 1. The molecule has 1 atom stereocenters. The van der Waals surface area contributed by atoms with E-state index in [1.165, 1.54) is 0 Å². The van der Waals surface area contributed by atoms with Crippen molar-refractivity contribution in [1.82, 2.24) is 4.72 Å². The molecule has 1 unspecified atom stereocenters. The van der Waals surface area contributed by atoms with Gasteiger partial charge < -0.3 is 0 Å². The first-order valence-electron chi connectivity index (χ1n) is 5.57. The fraction of sp³-hybridized carbons (Fsp3) is 0.417. The highest BCUT2D eigenvalue weighted by molar-refractivity contribution is 7.89. The monoisotopic (exact) mass is 253 g/mol. The first kappa shape index (κ1) is 12.1. The van der Waals surface area contributed by atoms with Gasteiger partial charge in [-0.1, -0.05) is 24.3 Å². The number of amides is 1. The lowest BCUT2D eigenvalue weighted by atomic mass is 9.82. The quantitative estimate of drug-likeness (QED) is 0.861. The molecule has 1 N–H and O–H groups in total.